The Morgan fingerprint density at radius 1 is 1.17 bits per heavy atom. The predicted octanol–water partition coefficient (Wildman–Crippen LogP) is 1.10. The molecule has 0 bridgehead atoms. The molecule has 2 aromatic rings. The van der Waals surface area contributed by atoms with Crippen molar-refractivity contribution < 1.29 is 9.58 Å². The van der Waals surface area contributed by atoms with Gasteiger partial charge in [-0.15, -0.1) is 0 Å². The van der Waals surface area contributed by atoms with E-state index in [-0.39, 0.29) is 17.5 Å². The summed E-state index contributed by atoms with van der Waals surface area (Å²) in [5.41, 5.74) is 0.582. The molecule has 1 aromatic carbocycles. The van der Waals surface area contributed by atoms with Crippen LogP contribution in [0.15, 0.2) is 24.3 Å². The number of anilines is 1. The van der Waals surface area contributed by atoms with Crippen molar-refractivity contribution in [3.63, 3.8) is 0 Å². The molecule has 0 saturated carbocycles. The summed E-state index contributed by atoms with van der Waals surface area (Å²) in [5, 5.41) is 30.5. The summed E-state index contributed by atoms with van der Waals surface area (Å²) < 4.78 is 0.669. The van der Waals surface area contributed by atoms with Gasteiger partial charge in [0.25, 0.3) is 5.52 Å². The molecule has 1 N–H and O–H groups in total. The molecule has 6 nitrogen and oxygen atoms in total. The second-order valence-electron chi connectivity index (χ2n) is 4.14. The van der Waals surface area contributed by atoms with Crippen LogP contribution < -0.4 is 14.9 Å². The zero-order chi connectivity index (χ0) is 13.1. The van der Waals surface area contributed by atoms with Crippen LogP contribution in [-0.4, -0.2) is 11.1 Å². The van der Waals surface area contributed by atoms with Gasteiger partial charge in [0.15, 0.2) is 5.52 Å². The number of rotatable bonds is 4. The van der Waals surface area contributed by atoms with Crippen molar-refractivity contribution in [2.75, 3.05) is 5.32 Å². The summed E-state index contributed by atoms with van der Waals surface area (Å²) in [6.07, 6.45) is 1.73. The number of fused-ring (bicyclic) bond motifs is 1. The maximum atomic E-state index is 12.1. The third kappa shape index (κ3) is 2.13. The smallest absolute Gasteiger partial charge is 0.461 e. The van der Waals surface area contributed by atoms with Gasteiger partial charge in [0, 0.05) is 10.9 Å². The van der Waals surface area contributed by atoms with Gasteiger partial charge in [-0.25, -0.2) is 4.73 Å². The number of hydrogen-bond donors (Lipinski definition) is 1. The number of benzene rings is 1. The Morgan fingerprint density at radius 2 is 1.78 bits per heavy atom. The molecule has 6 heteroatoms. The third-order valence-corrected chi connectivity index (χ3v) is 3.00. The van der Waals surface area contributed by atoms with Crippen molar-refractivity contribution in [3.05, 3.63) is 34.7 Å². The van der Waals surface area contributed by atoms with E-state index in [9.17, 15) is 10.4 Å². The summed E-state index contributed by atoms with van der Waals surface area (Å²) in [6.45, 7) is 4.03. The molecule has 96 valence electrons. The minimum Gasteiger partial charge on any atom is -0.739 e. The van der Waals surface area contributed by atoms with Crippen LogP contribution in [0.2, 0.25) is 0 Å². The van der Waals surface area contributed by atoms with Gasteiger partial charge in [0.2, 0.25) is 5.10 Å². The van der Waals surface area contributed by atoms with E-state index in [0.29, 0.717) is 15.1 Å². The Bertz CT molecular complexity index is 555. The summed E-state index contributed by atoms with van der Waals surface area (Å²) in [5.74, 6) is 0.0531. The molecular formula is C12H16N4O2. The van der Waals surface area contributed by atoms with Crippen molar-refractivity contribution in [2.45, 2.75) is 32.7 Å². The highest BCUT2D eigenvalue weighted by Crippen LogP contribution is 2.08. The van der Waals surface area contributed by atoms with Gasteiger partial charge in [-0.3, -0.25) is 5.32 Å². The van der Waals surface area contributed by atoms with Gasteiger partial charge < -0.3 is 10.4 Å². The fourth-order valence-corrected chi connectivity index (χ4v) is 1.86. The molecule has 0 unspecified atom stereocenters. The van der Waals surface area contributed by atoms with Crippen molar-refractivity contribution in [2.24, 2.45) is 0 Å². The zero-order valence-corrected chi connectivity index (χ0v) is 10.5. The first-order valence-corrected chi connectivity index (χ1v) is 6.06. The number of aromatic nitrogens is 3. The Morgan fingerprint density at radius 3 is 2.39 bits per heavy atom. The second-order valence-corrected chi connectivity index (χ2v) is 4.14. The third-order valence-electron chi connectivity index (χ3n) is 3.00. The van der Waals surface area contributed by atoms with E-state index in [1.165, 1.54) is 0 Å². The predicted molar refractivity (Wildman–Crippen MR) is 67.7 cm³/mol. The van der Waals surface area contributed by atoms with E-state index in [4.69, 9.17) is 0 Å². The fourth-order valence-electron chi connectivity index (χ4n) is 1.86. The van der Waals surface area contributed by atoms with Crippen LogP contribution in [0.5, 0.6) is 0 Å². The minimum atomic E-state index is 0.0531. The van der Waals surface area contributed by atoms with Crippen LogP contribution in [-0.2, 0) is 0 Å². The first-order valence-electron chi connectivity index (χ1n) is 6.06. The second kappa shape index (κ2) is 5.03. The molecule has 0 aliphatic heterocycles. The summed E-state index contributed by atoms with van der Waals surface area (Å²) in [4.78, 5) is 0.481. The van der Waals surface area contributed by atoms with E-state index in [0.717, 1.165) is 12.8 Å². The monoisotopic (exact) mass is 248 g/mol. The Kier molecular flexibility index (Phi) is 3.45. The Labute approximate surface area is 105 Å². The maximum absolute atomic E-state index is 12.1. The van der Waals surface area contributed by atoms with Crippen molar-refractivity contribution in [1.82, 2.24) is 5.10 Å². The first-order chi connectivity index (χ1) is 8.67. The normalized spacial score (nSPS) is 11.1. The molecular weight excluding hydrogens is 232 g/mol. The van der Waals surface area contributed by atoms with E-state index in [2.05, 4.69) is 10.4 Å². The van der Waals surface area contributed by atoms with Crippen LogP contribution in [0.25, 0.3) is 11.0 Å². The molecule has 0 aliphatic carbocycles. The average Bonchev–Trinajstić information content (AvgIpc) is 2.41. The molecule has 0 atom stereocenters. The highest BCUT2D eigenvalue weighted by molar-refractivity contribution is 5.67. The molecule has 0 saturated heterocycles. The molecule has 0 amide bonds. The van der Waals surface area contributed by atoms with E-state index < -0.39 is 0 Å². The SMILES string of the molecule is CCC(CC)Nc1n[n+]([O-])c2ccccc2[n+]1[O-]. The van der Waals surface area contributed by atoms with Gasteiger partial charge in [-0.1, -0.05) is 26.0 Å². The van der Waals surface area contributed by atoms with Crippen molar-refractivity contribution in [3.8, 4) is 0 Å². The highest BCUT2D eigenvalue weighted by Gasteiger charge is 2.21. The van der Waals surface area contributed by atoms with Gasteiger partial charge in [0.05, 0.1) is 6.04 Å². The van der Waals surface area contributed by atoms with E-state index in [1.807, 2.05) is 13.8 Å². The molecule has 2 rings (SSSR count). The van der Waals surface area contributed by atoms with Gasteiger partial charge in [-0.2, -0.15) is 0 Å². The van der Waals surface area contributed by atoms with Gasteiger partial charge in [0.1, 0.15) is 0 Å². The summed E-state index contributed by atoms with van der Waals surface area (Å²) in [6, 6.07) is 6.74. The molecule has 18 heavy (non-hydrogen) atoms. The molecule has 0 fully saturated rings. The lowest BCUT2D eigenvalue weighted by Gasteiger charge is -2.14. The van der Waals surface area contributed by atoms with Crippen LogP contribution >= 0.6 is 0 Å². The van der Waals surface area contributed by atoms with Crippen LogP contribution in [0.1, 0.15) is 26.7 Å². The Hall–Kier alpha value is -2.11. The molecule has 1 aromatic heterocycles. The van der Waals surface area contributed by atoms with Gasteiger partial charge >= 0.3 is 5.95 Å². The molecule has 1 heterocycles. The number of hydrogen-bond acceptors (Lipinski definition) is 4. The quantitative estimate of drug-likeness (QED) is 0.649. The number of nitrogens with one attached hydrogen (secondary N) is 1. The minimum absolute atomic E-state index is 0.0531. The number of para-hydroxylation sites is 2. The lowest BCUT2D eigenvalue weighted by Crippen LogP contribution is -2.45. The molecule has 0 radical (unpaired) electrons. The molecule has 0 aliphatic rings. The average molecular weight is 248 g/mol. The topological polar surface area (TPSA) is 78.8 Å². The standard InChI is InChI=1S/C12H16N4O2/c1-3-9(4-2)13-12-14-16(18)11-8-6-5-7-10(11)15(12)17/h5-9H,3-4H2,1-2H3,(H,13,14). The van der Waals surface area contributed by atoms with Gasteiger partial charge in [-0.05, 0) is 18.9 Å². The summed E-state index contributed by atoms with van der Waals surface area (Å²) in [7, 11) is 0. The van der Waals surface area contributed by atoms with Crippen LogP contribution in [0.4, 0.5) is 5.95 Å². The highest BCUT2D eigenvalue weighted by atomic mass is 16.5. The number of nitrogens with zero attached hydrogens (tertiary/aromatic N) is 3. The van der Waals surface area contributed by atoms with E-state index in [1.54, 1.807) is 24.3 Å². The first kappa shape index (κ1) is 12.3. The Balaban J connectivity index is 2.49. The van der Waals surface area contributed by atoms with Crippen molar-refractivity contribution in [1.29, 1.82) is 0 Å². The largest absolute Gasteiger partial charge is 0.739 e. The van der Waals surface area contributed by atoms with Crippen LogP contribution in [0, 0.1) is 10.4 Å². The molecule has 0 spiro atoms. The zero-order valence-electron chi connectivity index (χ0n) is 10.5. The van der Waals surface area contributed by atoms with Crippen LogP contribution in [0.3, 0.4) is 0 Å². The lowest BCUT2D eigenvalue weighted by atomic mass is 10.2. The van der Waals surface area contributed by atoms with E-state index >= 15 is 0 Å². The maximum Gasteiger partial charge on any atom is 0.461 e. The summed E-state index contributed by atoms with van der Waals surface area (Å²) >= 11 is 0. The fraction of sp³-hybridized carbons (Fsp3) is 0.417. The lowest BCUT2D eigenvalue weighted by molar-refractivity contribution is -0.672. The van der Waals surface area contributed by atoms with Crippen molar-refractivity contribution >= 4 is 17.0 Å².